The fourth-order valence-electron chi connectivity index (χ4n) is 2.87. The van der Waals surface area contributed by atoms with Gasteiger partial charge >= 0.3 is 5.97 Å². The van der Waals surface area contributed by atoms with E-state index in [0.717, 1.165) is 23.4 Å². The van der Waals surface area contributed by atoms with Crippen molar-refractivity contribution < 1.29 is 9.53 Å². The Bertz CT molecular complexity index is 966. The van der Waals surface area contributed by atoms with E-state index in [1.54, 1.807) is 6.92 Å². The lowest BCUT2D eigenvalue weighted by molar-refractivity contribution is 0.0528. The topological polar surface area (TPSA) is 50.4 Å². The largest absolute Gasteiger partial charge is 0.462 e. The van der Waals surface area contributed by atoms with Crippen LogP contribution in [-0.4, -0.2) is 17.7 Å². The molecule has 0 unspecified atom stereocenters. The van der Waals surface area contributed by atoms with E-state index in [4.69, 9.17) is 17.0 Å². The Kier molecular flexibility index (Phi) is 7.38. The molecule has 0 spiro atoms. The molecule has 0 aliphatic rings. The Morgan fingerprint density at radius 2 is 1.72 bits per heavy atom. The molecule has 0 saturated carbocycles. The molecule has 0 fully saturated rings. The minimum atomic E-state index is -0.347. The molecular formula is C23H24N2O2S2. The third-order valence-corrected chi connectivity index (χ3v) is 5.60. The second-order valence-electron chi connectivity index (χ2n) is 6.47. The molecule has 0 radical (unpaired) electrons. The van der Waals surface area contributed by atoms with Crippen LogP contribution in [-0.2, 0) is 17.6 Å². The van der Waals surface area contributed by atoms with E-state index >= 15 is 0 Å². The molecule has 29 heavy (non-hydrogen) atoms. The molecular weight excluding hydrogens is 400 g/mol. The molecule has 2 N–H and O–H groups in total. The summed E-state index contributed by atoms with van der Waals surface area (Å²) < 4.78 is 5.22. The molecule has 1 aromatic heterocycles. The average Bonchev–Trinajstić information content (AvgIpc) is 3.11. The SMILES string of the molecule is CCOC(=O)c1cc(Cc2ccccc2)sc1NC(=S)Nc1ccc(CC)cc1. The van der Waals surface area contributed by atoms with E-state index in [1.807, 2.05) is 36.4 Å². The van der Waals surface area contributed by atoms with Crippen LogP contribution < -0.4 is 10.6 Å². The number of hydrogen-bond acceptors (Lipinski definition) is 4. The van der Waals surface area contributed by atoms with E-state index in [0.29, 0.717) is 22.3 Å². The Balaban J connectivity index is 1.76. The van der Waals surface area contributed by atoms with Crippen molar-refractivity contribution in [2.24, 2.45) is 0 Å². The van der Waals surface area contributed by atoms with Crippen LogP contribution in [0.25, 0.3) is 0 Å². The van der Waals surface area contributed by atoms with Crippen molar-refractivity contribution in [2.45, 2.75) is 26.7 Å². The van der Waals surface area contributed by atoms with Crippen LogP contribution >= 0.6 is 23.6 Å². The monoisotopic (exact) mass is 424 g/mol. The predicted molar refractivity (Wildman–Crippen MR) is 125 cm³/mol. The first-order chi connectivity index (χ1) is 14.1. The maximum Gasteiger partial charge on any atom is 0.341 e. The van der Waals surface area contributed by atoms with Crippen molar-refractivity contribution in [3.63, 3.8) is 0 Å². The summed E-state index contributed by atoms with van der Waals surface area (Å²) in [5.74, 6) is -0.347. The van der Waals surface area contributed by atoms with E-state index in [1.165, 1.54) is 22.5 Å². The number of hydrogen-bond donors (Lipinski definition) is 2. The maximum atomic E-state index is 12.4. The first kappa shape index (κ1) is 21.0. The van der Waals surface area contributed by atoms with Crippen molar-refractivity contribution in [3.05, 3.63) is 82.2 Å². The second kappa shape index (κ2) is 10.2. The molecule has 3 aromatic rings. The fourth-order valence-corrected chi connectivity index (χ4v) is 4.24. The van der Waals surface area contributed by atoms with Crippen LogP contribution in [0, 0.1) is 0 Å². The quantitative estimate of drug-likeness (QED) is 0.366. The lowest BCUT2D eigenvalue weighted by Gasteiger charge is -2.11. The third kappa shape index (κ3) is 5.89. The highest BCUT2D eigenvalue weighted by atomic mass is 32.1. The lowest BCUT2D eigenvalue weighted by atomic mass is 10.1. The predicted octanol–water partition coefficient (Wildman–Crippen LogP) is 5.89. The van der Waals surface area contributed by atoms with Crippen molar-refractivity contribution in [1.82, 2.24) is 0 Å². The molecule has 0 bridgehead atoms. The molecule has 150 valence electrons. The summed E-state index contributed by atoms with van der Waals surface area (Å²) in [7, 11) is 0. The van der Waals surface area contributed by atoms with Gasteiger partial charge in [-0.25, -0.2) is 4.79 Å². The first-order valence-electron chi connectivity index (χ1n) is 9.59. The summed E-state index contributed by atoms with van der Waals surface area (Å²) in [4.78, 5) is 13.5. The second-order valence-corrected chi connectivity index (χ2v) is 8.01. The van der Waals surface area contributed by atoms with Gasteiger partial charge in [-0.1, -0.05) is 49.4 Å². The smallest absolute Gasteiger partial charge is 0.341 e. The number of ether oxygens (including phenoxy) is 1. The molecule has 0 atom stereocenters. The number of benzene rings is 2. The number of nitrogens with one attached hydrogen (secondary N) is 2. The highest BCUT2D eigenvalue weighted by molar-refractivity contribution is 7.80. The highest BCUT2D eigenvalue weighted by Gasteiger charge is 2.18. The Morgan fingerprint density at radius 1 is 1.00 bits per heavy atom. The van der Waals surface area contributed by atoms with Crippen molar-refractivity contribution >= 4 is 45.3 Å². The van der Waals surface area contributed by atoms with Gasteiger partial charge < -0.3 is 15.4 Å². The van der Waals surface area contributed by atoms with Crippen LogP contribution in [0.3, 0.4) is 0 Å². The van der Waals surface area contributed by atoms with E-state index in [2.05, 4.69) is 41.8 Å². The minimum absolute atomic E-state index is 0.328. The van der Waals surface area contributed by atoms with Crippen LogP contribution in [0.1, 0.15) is 40.2 Å². The summed E-state index contributed by atoms with van der Waals surface area (Å²) in [5, 5.41) is 7.47. The normalized spacial score (nSPS) is 10.4. The summed E-state index contributed by atoms with van der Waals surface area (Å²) in [5.41, 5.74) is 3.86. The van der Waals surface area contributed by atoms with E-state index in [9.17, 15) is 4.79 Å². The average molecular weight is 425 g/mol. The van der Waals surface area contributed by atoms with Crippen molar-refractivity contribution in [3.8, 4) is 0 Å². The molecule has 6 heteroatoms. The van der Waals surface area contributed by atoms with Gasteiger partial charge in [0.05, 0.1) is 12.2 Å². The van der Waals surface area contributed by atoms with Gasteiger partial charge in [0.25, 0.3) is 0 Å². The summed E-state index contributed by atoms with van der Waals surface area (Å²) >= 11 is 6.98. The number of esters is 1. The molecule has 0 aliphatic heterocycles. The van der Waals surface area contributed by atoms with Gasteiger partial charge in [0, 0.05) is 17.0 Å². The van der Waals surface area contributed by atoms with Gasteiger partial charge in [-0.2, -0.15) is 0 Å². The Hall–Kier alpha value is -2.70. The van der Waals surface area contributed by atoms with Gasteiger partial charge in [-0.3, -0.25) is 0 Å². The van der Waals surface area contributed by atoms with Crippen LogP contribution in [0.15, 0.2) is 60.7 Å². The molecule has 0 aliphatic carbocycles. The summed E-state index contributed by atoms with van der Waals surface area (Å²) in [6.07, 6.45) is 1.74. The molecule has 1 heterocycles. The van der Waals surface area contributed by atoms with Gasteiger partial charge in [0.15, 0.2) is 5.11 Å². The van der Waals surface area contributed by atoms with Crippen LogP contribution in [0.5, 0.6) is 0 Å². The highest BCUT2D eigenvalue weighted by Crippen LogP contribution is 2.31. The van der Waals surface area contributed by atoms with Crippen molar-refractivity contribution in [2.75, 3.05) is 17.2 Å². The lowest BCUT2D eigenvalue weighted by Crippen LogP contribution is -2.20. The van der Waals surface area contributed by atoms with Gasteiger partial charge in [0.2, 0.25) is 0 Å². The number of aryl methyl sites for hydroxylation is 1. The van der Waals surface area contributed by atoms with E-state index in [-0.39, 0.29) is 5.97 Å². The standard InChI is InChI=1S/C23H24N2O2S2/c1-3-16-10-12-18(13-11-16)24-23(28)25-21-20(22(26)27-4-2)15-19(29-21)14-17-8-6-5-7-9-17/h5-13,15H,3-4,14H2,1-2H3,(H2,24,25,28). The molecule has 2 aromatic carbocycles. The summed E-state index contributed by atoms with van der Waals surface area (Å²) in [6, 6.07) is 20.2. The van der Waals surface area contributed by atoms with Gasteiger partial charge in [-0.15, -0.1) is 11.3 Å². The fraction of sp³-hybridized carbons (Fsp3) is 0.217. The van der Waals surface area contributed by atoms with Gasteiger partial charge in [-0.05, 0) is 54.9 Å². The Labute approximate surface area is 180 Å². The number of anilines is 2. The number of rotatable bonds is 7. The van der Waals surface area contributed by atoms with Crippen LogP contribution in [0.4, 0.5) is 10.7 Å². The number of carbonyl (C=O) groups excluding carboxylic acids is 1. The molecule has 0 saturated heterocycles. The first-order valence-corrected chi connectivity index (χ1v) is 10.8. The summed E-state index contributed by atoms with van der Waals surface area (Å²) in [6.45, 7) is 4.25. The maximum absolute atomic E-state index is 12.4. The third-order valence-electron chi connectivity index (χ3n) is 4.35. The zero-order valence-corrected chi connectivity index (χ0v) is 18.2. The zero-order valence-electron chi connectivity index (χ0n) is 16.5. The number of thiophene rings is 1. The number of thiocarbonyl (C=S) groups is 1. The van der Waals surface area contributed by atoms with Crippen LogP contribution in [0.2, 0.25) is 0 Å². The van der Waals surface area contributed by atoms with Crippen molar-refractivity contribution in [1.29, 1.82) is 0 Å². The number of carbonyl (C=O) groups is 1. The Morgan fingerprint density at radius 3 is 2.38 bits per heavy atom. The van der Waals surface area contributed by atoms with E-state index < -0.39 is 0 Å². The molecule has 3 rings (SSSR count). The zero-order chi connectivity index (χ0) is 20.6. The molecule has 0 amide bonds. The minimum Gasteiger partial charge on any atom is -0.462 e. The molecule has 4 nitrogen and oxygen atoms in total. The van der Waals surface area contributed by atoms with Gasteiger partial charge in [0.1, 0.15) is 5.00 Å².